The lowest BCUT2D eigenvalue weighted by molar-refractivity contribution is 0.320. The summed E-state index contributed by atoms with van der Waals surface area (Å²) < 4.78 is 1.14. The predicted molar refractivity (Wildman–Crippen MR) is 95.1 cm³/mol. The van der Waals surface area contributed by atoms with Crippen LogP contribution in [0.1, 0.15) is 30.3 Å². The van der Waals surface area contributed by atoms with Crippen LogP contribution in [0.3, 0.4) is 0 Å². The molecule has 5 heteroatoms. The summed E-state index contributed by atoms with van der Waals surface area (Å²) in [5.41, 5.74) is 2.32. The lowest BCUT2D eigenvalue weighted by Gasteiger charge is -2.28. The molecule has 2 aliphatic rings. The summed E-state index contributed by atoms with van der Waals surface area (Å²) in [6.45, 7) is 3.30. The van der Waals surface area contributed by atoms with Crippen LogP contribution in [0, 0.1) is 0 Å². The molecule has 0 aliphatic carbocycles. The maximum Gasteiger partial charge on any atom is 0.160 e. The van der Waals surface area contributed by atoms with E-state index in [4.69, 9.17) is 4.99 Å². The molecule has 3 heterocycles. The Balaban J connectivity index is 1.81. The molecule has 1 aromatic heterocycles. The van der Waals surface area contributed by atoms with Crippen molar-refractivity contribution in [2.45, 2.75) is 24.3 Å². The Labute approximate surface area is 143 Å². The maximum atomic E-state index is 4.99. The van der Waals surface area contributed by atoms with E-state index < -0.39 is 0 Å². The second-order valence-electron chi connectivity index (χ2n) is 5.66. The lowest BCUT2D eigenvalue weighted by atomic mass is 9.96. The minimum absolute atomic E-state index is 0.0647. The van der Waals surface area contributed by atoms with Crippen LogP contribution in [0.15, 0.2) is 58.1 Å². The molecule has 22 heavy (non-hydrogen) atoms. The van der Waals surface area contributed by atoms with Crippen LogP contribution in [-0.2, 0) is 0 Å². The van der Waals surface area contributed by atoms with E-state index in [2.05, 4.69) is 63.1 Å². The highest BCUT2D eigenvalue weighted by Gasteiger charge is 2.43. The van der Waals surface area contributed by atoms with E-state index in [0.29, 0.717) is 5.25 Å². The van der Waals surface area contributed by atoms with Gasteiger partial charge in [-0.2, -0.15) is 0 Å². The maximum absolute atomic E-state index is 4.99. The van der Waals surface area contributed by atoms with Crippen LogP contribution in [-0.4, -0.2) is 26.8 Å². The molecular formula is C17H16BrN3S. The fourth-order valence-corrected chi connectivity index (χ4v) is 4.78. The van der Waals surface area contributed by atoms with Gasteiger partial charge in [0.05, 0.1) is 11.7 Å². The van der Waals surface area contributed by atoms with E-state index in [9.17, 15) is 0 Å². The quantitative estimate of drug-likeness (QED) is 0.779. The van der Waals surface area contributed by atoms with E-state index in [0.717, 1.165) is 21.9 Å². The number of halogens is 1. The topological polar surface area (TPSA) is 28.5 Å². The van der Waals surface area contributed by atoms with Gasteiger partial charge in [-0.25, -0.2) is 0 Å². The third kappa shape index (κ3) is 2.36. The number of pyridine rings is 1. The average Bonchev–Trinajstić information content (AvgIpc) is 3.05. The number of aromatic nitrogens is 1. The molecule has 0 bridgehead atoms. The second-order valence-corrected chi connectivity index (χ2v) is 7.92. The van der Waals surface area contributed by atoms with E-state index in [1.807, 2.05) is 30.1 Å². The van der Waals surface area contributed by atoms with Crippen molar-refractivity contribution in [2.24, 2.45) is 4.99 Å². The first-order valence-corrected chi connectivity index (χ1v) is 9.08. The number of nitrogens with zero attached hydrogens (tertiary/aromatic N) is 3. The molecule has 112 valence electrons. The van der Waals surface area contributed by atoms with Gasteiger partial charge in [0, 0.05) is 22.5 Å². The molecule has 0 saturated carbocycles. The Morgan fingerprint density at radius 3 is 2.77 bits per heavy atom. The van der Waals surface area contributed by atoms with Crippen molar-refractivity contribution in [1.82, 2.24) is 9.88 Å². The first-order chi connectivity index (χ1) is 10.7. The summed E-state index contributed by atoms with van der Waals surface area (Å²) in [5.74, 6) is 0. The first kappa shape index (κ1) is 14.3. The largest absolute Gasteiger partial charge is 0.341 e. The van der Waals surface area contributed by atoms with Gasteiger partial charge in [0.15, 0.2) is 5.17 Å². The van der Waals surface area contributed by atoms with Gasteiger partial charge in [-0.3, -0.25) is 9.98 Å². The van der Waals surface area contributed by atoms with Gasteiger partial charge in [-0.15, -0.1) is 0 Å². The molecule has 0 N–H and O–H groups in total. The molecule has 3 atom stereocenters. The molecule has 1 fully saturated rings. The smallest absolute Gasteiger partial charge is 0.160 e. The van der Waals surface area contributed by atoms with Gasteiger partial charge in [0.25, 0.3) is 0 Å². The van der Waals surface area contributed by atoms with E-state index in [1.54, 1.807) is 0 Å². The second kappa shape index (κ2) is 5.70. The van der Waals surface area contributed by atoms with Crippen LogP contribution in [0.4, 0.5) is 0 Å². The minimum Gasteiger partial charge on any atom is -0.341 e. The average molecular weight is 374 g/mol. The van der Waals surface area contributed by atoms with Crippen molar-refractivity contribution in [1.29, 1.82) is 0 Å². The Hall–Kier alpha value is -1.33. The van der Waals surface area contributed by atoms with E-state index >= 15 is 0 Å². The fraction of sp³-hybridized carbons (Fsp3) is 0.294. The Morgan fingerprint density at radius 1 is 1.18 bits per heavy atom. The van der Waals surface area contributed by atoms with E-state index in [-0.39, 0.29) is 12.1 Å². The van der Waals surface area contributed by atoms with Crippen molar-refractivity contribution in [2.75, 3.05) is 6.54 Å². The zero-order valence-corrected chi connectivity index (χ0v) is 14.6. The van der Waals surface area contributed by atoms with Gasteiger partial charge in [-0.1, -0.05) is 58.9 Å². The fourth-order valence-electron chi connectivity index (χ4n) is 3.17. The number of fused-ring (bicyclic) bond motifs is 1. The summed E-state index contributed by atoms with van der Waals surface area (Å²) in [5, 5.41) is 1.75. The molecule has 0 unspecified atom stereocenters. The summed E-state index contributed by atoms with van der Waals surface area (Å²) in [4.78, 5) is 12.0. The van der Waals surface area contributed by atoms with Gasteiger partial charge >= 0.3 is 0 Å². The number of thioether (sulfide) groups is 1. The number of hydrogen-bond acceptors (Lipinski definition) is 4. The first-order valence-electron chi connectivity index (χ1n) is 7.40. The SMILES string of the molecule is C[C@@H]1CN2C(=N[C@H](c3ccccn3)[C@@H]2c2ccccc2Br)S1. The molecule has 0 spiro atoms. The molecule has 2 aromatic rings. The van der Waals surface area contributed by atoms with Gasteiger partial charge < -0.3 is 4.90 Å². The van der Waals surface area contributed by atoms with Crippen molar-refractivity contribution >= 4 is 32.9 Å². The molecule has 1 aromatic carbocycles. The third-order valence-electron chi connectivity index (χ3n) is 4.11. The van der Waals surface area contributed by atoms with Crippen LogP contribution >= 0.6 is 27.7 Å². The number of hydrogen-bond donors (Lipinski definition) is 0. The number of aliphatic imine (C=N–C) groups is 1. The van der Waals surface area contributed by atoms with Gasteiger partial charge in [-0.05, 0) is 23.8 Å². The summed E-state index contributed by atoms with van der Waals surface area (Å²) >= 11 is 5.59. The minimum atomic E-state index is 0.0647. The van der Waals surface area contributed by atoms with Crippen LogP contribution in [0.5, 0.6) is 0 Å². The standard InChI is InChI=1S/C17H16BrN3S/c1-11-10-21-16(12-6-2-3-7-13(12)18)15(20-17(21)22-11)14-8-4-5-9-19-14/h2-9,11,15-16H,10H2,1H3/t11-,15-,16+/m1/s1. The highest BCUT2D eigenvalue weighted by Crippen LogP contribution is 2.48. The molecule has 4 rings (SSSR count). The van der Waals surface area contributed by atoms with Crippen molar-refractivity contribution < 1.29 is 0 Å². The molecule has 1 saturated heterocycles. The molecule has 3 nitrogen and oxygen atoms in total. The zero-order valence-electron chi connectivity index (χ0n) is 12.2. The molecule has 0 amide bonds. The molecule has 0 radical (unpaired) electrons. The van der Waals surface area contributed by atoms with Crippen molar-refractivity contribution in [3.63, 3.8) is 0 Å². The summed E-state index contributed by atoms with van der Waals surface area (Å²) in [6, 6.07) is 14.8. The third-order valence-corrected chi connectivity index (χ3v) is 5.93. The van der Waals surface area contributed by atoms with Crippen LogP contribution in [0.2, 0.25) is 0 Å². The van der Waals surface area contributed by atoms with E-state index in [1.165, 1.54) is 5.56 Å². The van der Waals surface area contributed by atoms with Crippen LogP contribution < -0.4 is 0 Å². The Kier molecular flexibility index (Phi) is 3.70. The summed E-state index contributed by atoms with van der Waals surface area (Å²) in [6.07, 6.45) is 1.85. The lowest BCUT2D eigenvalue weighted by Crippen LogP contribution is -2.28. The highest BCUT2D eigenvalue weighted by molar-refractivity contribution is 9.10. The van der Waals surface area contributed by atoms with Gasteiger partial charge in [0.1, 0.15) is 6.04 Å². The normalized spacial score (nSPS) is 26.9. The summed E-state index contributed by atoms with van der Waals surface area (Å²) in [7, 11) is 0. The van der Waals surface area contributed by atoms with Crippen molar-refractivity contribution in [3.8, 4) is 0 Å². The molecule has 2 aliphatic heterocycles. The van der Waals surface area contributed by atoms with Crippen LogP contribution in [0.25, 0.3) is 0 Å². The predicted octanol–water partition coefficient (Wildman–Crippen LogP) is 4.43. The monoisotopic (exact) mass is 373 g/mol. The molecular weight excluding hydrogens is 358 g/mol. The zero-order chi connectivity index (χ0) is 15.1. The number of benzene rings is 1. The van der Waals surface area contributed by atoms with Gasteiger partial charge in [0.2, 0.25) is 0 Å². The van der Waals surface area contributed by atoms with Crippen molar-refractivity contribution in [3.05, 3.63) is 64.4 Å². The Morgan fingerprint density at radius 2 is 2.00 bits per heavy atom. The Bertz CT molecular complexity index is 719. The highest BCUT2D eigenvalue weighted by atomic mass is 79.9. The number of amidine groups is 1. The number of rotatable bonds is 2.